The van der Waals surface area contributed by atoms with Gasteiger partial charge in [-0.3, -0.25) is 4.79 Å². The third kappa shape index (κ3) is 2.59. The zero-order valence-electron chi connectivity index (χ0n) is 11.3. The van der Waals surface area contributed by atoms with Gasteiger partial charge in [-0.15, -0.1) is 0 Å². The van der Waals surface area contributed by atoms with Crippen LogP contribution in [-0.4, -0.2) is 23.4 Å². The molecule has 1 aromatic carbocycles. The summed E-state index contributed by atoms with van der Waals surface area (Å²) in [6.07, 6.45) is 1.10. The number of aromatic nitrogens is 1. The van der Waals surface area contributed by atoms with Crippen molar-refractivity contribution in [3.8, 4) is 11.1 Å². The summed E-state index contributed by atoms with van der Waals surface area (Å²) < 4.78 is 4.61. The second kappa shape index (κ2) is 5.73. The normalized spacial score (nSPS) is 18.1. The summed E-state index contributed by atoms with van der Waals surface area (Å²) in [6.45, 7) is 3.53. The molecule has 5 heteroatoms. The van der Waals surface area contributed by atoms with Crippen LogP contribution in [0.1, 0.15) is 25.0 Å². The van der Waals surface area contributed by atoms with Crippen molar-refractivity contribution in [3.05, 3.63) is 36.0 Å². The van der Waals surface area contributed by atoms with E-state index in [4.69, 9.17) is 0 Å². The number of nitrogens with one attached hydrogen (secondary N) is 2. The lowest BCUT2D eigenvalue weighted by atomic mass is 9.96. The van der Waals surface area contributed by atoms with Crippen molar-refractivity contribution in [1.29, 1.82) is 0 Å². The fourth-order valence-corrected chi connectivity index (χ4v) is 3.53. The van der Waals surface area contributed by atoms with Crippen LogP contribution >= 0.6 is 11.5 Å². The fourth-order valence-electron chi connectivity index (χ4n) is 2.60. The van der Waals surface area contributed by atoms with Gasteiger partial charge in [0.15, 0.2) is 0 Å². The first-order valence-electron chi connectivity index (χ1n) is 6.79. The Bertz CT molecular complexity index is 603. The van der Waals surface area contributed by atoms with Crippen molar-refractivity contribution in [1.82, 2.24) is 9.69 Å². The number of benzene rings is 1. The molecule has 20 heavy (non-hydrogen) atoms. The lowest BCUT2D eigenvalue weighted by Crippen LogP contribution is -2.09. The zero-order valence-corrected chi connectivity index (χ0v) is 12.2. The van der Waals surface area contributed by atoms with Crippen LogP contribution < -0.4 is 10.6 Å². The van der Waals surface area contributed by atoms with Crippen LogP contribution in [0.25, 0.3) is 11.1 Å². The van der Waals surface area contributed by atoms with E-state index < -0.39 is 0 Å². The molecule has 0 saturated carbocycles. The Labute approximate surface area is 122 Å². The Morgan fingerprint density at radius 2 is 2.20 bits per heavy atom. The Morgan fingerprint density at radius 3 is 2.85 bits per heavy atom. The molecule has 1 fully saturated rings. The molecular formula is C15H17N3OS. The minimum absolute atomic E-state index is 0.0538. The van der Waals surface area contributed by atoms with E-state index in [0.29, 0.717) is 5.92 Å². The van der Waals surface area contributed by atoms with E-state index in [-0.39, 0.29) is 5.91 Å². The second-order valence-corrected chi connectivity index (χ2v) is 5.78. The molecule has 4 nitrogen and oxygen atoms in total. The van der Waals surface area contributed by atoms with Crippen molar-refractivity contribution in [2.45, 2.75) is 19.3 Å². The largest absolute Gasteiger partial charge is 0.316 e. The number of carbonyl (C=O) groups is 1. The number of carbonyl (C=O) groups excluding carboxylic acids is 1. The molecule has 2 heterocycles. The standard InChI is InChI=1S/C15H17N3OS/c1-10(19)17-15-13(11-5-3-2-4-6-11)14(18-20-15)12-7-8-16-9-12/h2-6,12,16H,7-9H2,1H3,(H,17,19)/t12-/m1/s1. The van der Waals surface area contributed by atoms with Crippen LogP contribution in [-0.2, 0) is 4.79 Å². The molecular weight excluding hydrogens is 270 g/mol. The smallest absolute Gasteiger partial charge is 0.221 e. The van der Waals surface area contributed by atoms with Crippen molar-refractivity contribution < 1.29 is 4.79 Å². The molecule has 1 aliphatic heterocycles. The maximum atomic E-state index is 11.4. The number of nitrogens with zero attached hydrogens (tertiary/aromatic N) is 1. The molecule has 2 aromatic rings. The van der Waals surface area contributed by atoms with Gasteiger partial charge in [-0.1, -0.05) is 30.3 Å². The number of hydrogen-bond acceptors (Lipinski definition) is 4. The number of amides is 1. The van der Waals surface area contributed by atoms with E-state index >= 15 is 0 Å². The maximum absolute atomic E-state index is 11.4. The number of anilines is 1. The van der Waals surface area contributed by atoms with Crippen LogP contribution in [0.2, 0.25) is 0 Å². The number of hydrogen-bond donors (Lipinski definition) is 2. The molecule has 0 spiro atoms. The molecule has 0 aliphatic carbocycles. The Hall–Kier alpha value is -1.72. The summed E-state index contributed by atoms with van der Waals surface area (Å²) in [5, 5.41) is 7.14. The summed E-state index contributed by atoms with van der Waals surface area (Å²) in [6, 6.07) is 10.2. The highest BCUT2D eigenvalue weighted by molar-refractivity contribution is 7.11. The Morgan fingerprint density at radius 1 is 1.40 bits per heavy atom. The summed E-state index contributed by atoms with van der Waals surface area (Å²) in [7, 11) is 0. The fraction of sp³-hybridized carbons (Fsp3) is 0.333. The van der Waals surface area contributed by atoms with Crippen LogP contribution in [0, 0.1) is 0 Å². The van der Waals surface area contributed by atoms with E-state index in [1.807, 2.05) is 18.2 Å². The molecule has 2 N–H and O–H groups in total. The molecule has 1 saturated heterocycles. The molecule has 3 rings (SSSR count). The summed E-state index contributed by atoms with van der Waals surface area (Å²) >= 11 is 1.38. The van der Waals surface area contributed by atoms with Gasteiger partial charge in [0.25, 0.3) is 0 Å². The highest BCUT2D eigenvalue weighted by Gasteiger charge is 2.25. The van der Waals surface area contributed by atoms with Crippen LogP contribution in [0.5, 0.6) is 0 Å². The van der Waals surface area contributed by atoms with E-state index in [0.717, 1.165) is 41.3 Å². The van der Waals surface area contributed by atoms with Crippen molar-refractivity contribution in [2.24, 2.45) is 0 Å². The summed E-state index contributed by atoms with van der Waals surface area (Å²) in [5.74, 6) is 0.380. The van der Waals surface area contributed by atoms with Gasteiger partial charge in [-0.25, -0.2) is 0 Å². The topological polar surface area (TPSA) is 54.0 Å². The quantitative estimate of drug-likeness (QED) is 0.912. The predicted octanol–water partition coefficient (Wildman–Crippen LogP) is 2.85. The minimum Gasteiger partial charge on any atom is -0.316 e. The Balaban J connectivity index is 2.06. The highest BCUT2D eigenvalue weighted by atomic mass is 32.1. The predicted molar refractivity (Wildman–Crippen MR) is 82.1 cm³/mol. The van der Waals surface area contributed by atoms with Gasteiger partial charge in [-0.05, 0) is 30.1 Å². The van der Waals surface area contributed by atoms with Gasteiger partial charge in [0.05, 0.1) is 5.69 Å². The SMILES string of the molecule is CC(=O)Nc1snc([C@@H]2CCNC2)c1-c1ccccc1. The van der Waals surface area contributed by atoms with E-state index in [1.165, 1.54) is 18.5 Å². The lowest BCUT2D eigenvalue weighted by molar-refractivity contribution is -0.114. The minimum atomic E-state index is -0.0538. The van der Waals surface area contributed by atoms with E-state index in [2.05, 4.69) is 27.1 Å². The maximum Gasteiger partial charge on any atom is 0.221 e. The number of rotatable bonds is 3. The van der Waals surface area contributed by atoms with Gasteiger partial charge >= 0.3 is 0 Å². The molecule has 1 amide bonds. The molecule has 0 bridgehead atoms. The first kappa shape index (κ1) is 13.3. The first-order chi connectivity index (χ1) is 9.75. The zero-order chi connectivity index (χ0) is 13.9. The molecule has 1 atom stereocenters. The monoisotopic (exact) mass is 287 g/mol. The van der Waals surface area contributed by atoms with E-state index in [9.17, 15) is 4.79 Å². The van der Waals surface area contributed by atoms with Gasteiger partial charge in [0, 0.05) is 24.9 Å². The molecule has 104 valence electrons. The van der Waals surface area contributed by atoms with Crippen molar-refractivity contribution in [2.75, 3.05) is 18.4 Å². The average molecular weight is 287 g/mol. The molecule has 0 radical (unpaired) electrons. The molecule has 1 aliphatic rings. The summed E-state index contributed by atoms with van der Waals surface area (Å²) in [4.78, 5) is 11.4. The van der Waals surface area contributed by atoms with E-state index in [1.54, 1.807) is 0 Å². The van der Waals surface area contributed by atoms with Crippen molar-refractivity contribution in [3.63, 3.8) is 0 Å². The van der Waals surface area contributed by atoms with Crippen LogP contribution in [0.3, 0.4) is 0 Å². The van der Waals surface area contributed by atoms with Gasteiger partial charge in [0.1, 0.15) is 5.00 Å². The van der Waals surface area contributed by atoms with Crippen LogP contribution in [0.4, 0.5) is 5.00 Å². The highest BCUT2D eigenvalue weighted by Crippen LogP contribution is 2.40. The van der Waals surface area contributed by atoms with Gasteiger partial charge < -0.3 is 10.6 Å². The average Bonchev–Trinajstić information content (AvgIpc) is 3.07. The first-order valence-corrected chi connectivity index (χ1v) is 7.56. The molecule has 1 aromatic heterocycles. The van der Waals surface area contributed by atoms with Crippen LogP contribution in [0.15, 0.2) is 30.3 Å². The van der Waals surface area contributed by atoms with Gasteiger partial charge in [-0.2, -0.15) is 4.37 Å². The van der Waals surface area contributed by atoms with Crippen molar-refractivity contribution >= 4 is 22.4 Å². The van der Waals surface area contributed by atoms with Gasteiger partial charge in [0.2, 0.25) is 5.91 Å². The third-order valence-electron chi connectivity index (χ3n) is 3.52. The third-order valence-corrected chi connectivity index (χ3v) is 4.29. The second-order valence-electron chi connectivity index (χ2n) is 5.01. The lowest BCUT2D eigenvalue weighted by Gasteiger charge is -2.10. The molecule has 0 unspecified atom stereocenters. The Kier molecular flexibility index (Phi) is 3.80. The summed E-state index contributed by atoms with van der Waals surface area (Å²) in [5.41, 5.74) is 3.31.